The SMILES string of the molecule is CCCC(CC)NCC1CCCN(S(C)(=O)=O)C1. The standard InChI is InChI=1S/C13H28N2O2S/c1-4-7-13(5-2)14-10-12-8-6-9-15(11-12)18(3,16)17/h12-14H,4-11H2,1-3H3. The first-order valence-electron chi connectivity index (χ1n) is 7.15. The molecule has 0 aromatic rings. The molecule has 0 aliphatic carbocycles. The van der Waals surface area contributed by atoms with Crippen molar-refractivity contribution < 1.29 is 8.42 Å². The average Bonchev–Trinajstić information content (AvgIpc) is 2.34. The molecule has 5 heteroatoms. The van der Waals surface area contributed by atoms with Crippen molar-refractivity contribution in [1.82, 2.24) is 9.62 Å². The molecular weight excluding hydrogens is 248 g/mol. The first kappa shape index (κ1) is 15.9. The number of piperidine rings is 1. The Labute approximate surface area is 112 Å². The number of hydrogen-bond donors (Lipinski definition) is 1. The summed E-state index contributed by atoms with van der Waals surface area (Å²) in [5.41, 5.74) is 0. The third-order valence-electron chi connectivity index (χ3n) is 3.78. The summed E-state index contributed by atoms with van der Waals surface area (Å²) in [7, 11) is -3.01. The monoisotopic (exact) mass is 276 g/mol. The zero-order valence-corrected chi connectivity index (χ0v) is 12.8. The highest BCUT2D eigenvalue weighted by Crippen LogP contribution is 2.18. The largest absolute Gasteiger partial charge is 0.314 e. The van der Waals surface area contributed by atoms with Crippen molar-refractivity contribution in [3.63, 3.8) is 0 Å². The lowest BCUT2D eigenvalue weighted by Crippen LogP contribution is -2.43. The maximum absolute atomic E-state index is 11.5. The highest BCUT2D eigenvalue weighted by atomic mass is 32.2. The van der Waals surface area contributed by atoms with Crippen LogP contribution in [0.1, 0.15) is 46.0 Å². The Balaban J connectivity index is 2.38. The van der Waals surface area contributed by atoms with Crippen molar-refractivity contribution in [2.45, 2.75) is 52.0 Å². The minimum absolute atomic E-state index is 0.472. The zero-order valence-electron chi connectivity index (χ0n) is 12.0. The van der Waals surface area contributed by atoms with Crippen molar-refractivity contribution in [3.05, 3.63) is 0 Å². The van der Waals surface area contributed by atoms with Crippen LogP contribution in [0.2, 0.25) is 0 Å². The van der Waals surface area contributed by atoms with Gasteiger partial charge in [0.15, 0.2) is 0 Å². The number of hydrogen-bond acceptors (Lipinski definition) is 3. The second-order valence-corrected chi connectivity index (χ2v) is 7.41. The molecule has 2 atom stereocenters. The fourth-order valence-electron chi connectivity index (χ4n) is 2.63. The van der Waals surface area contributed by atoms with Gasteiger partial charge in [-0.15, -0.1) is 0 Å². The summed E-state index contributed by atoms with van der Waals surface area (Å²) in [6.07, 6.45) is 7.00. The molecule has 108 valence electrons. The van der Waals surface area contributed by atoms with Gasteiger partial charge in [0.1, 0.15) is 0 Å². The molecule has 1 heterocycles. The number of nitrogens with one attached hydrogen (secondary N) is 1. The lowest BCUT2D eigenvalue weighted by molar-refractivity contribution is 0.252. The van der Waals surface area contributed by atoms with Crippen molar-refractivity contribution in [2.75, 3.05) is 25.9 Å². The molecule has 2 unspecified atom stereocenters. The van der Waals surface area contributed by atoms with Crippen molar-refractivity contribution in [1.29, 1.82) is 0 Å². The molecular formula is C13H28N2O2S. The van der Waals surface area contributed by atoms with E-state index in [0.29, 0.717) is 25.0 Å². The van der Waals surface area contributed by atoms with Crippen molar-refractivity contribution in [3.8, 4) is 0 Å². The van der Waals surface area contributed by atoms with Crippen LogP contribution in [0.25, 0.3) is 0 Å². The summed E-state index contributed by atoms with van der Waals surface area (Å²) in [6.45, 7) is 6.74. The molecule has 4 nitrogen and oxygen atoms in total. The van der Waals surface area contributed by atoms with Gasteiger partial charge in [-0.3, -0.25) is 0 Å². The average molecular weight is 276 g/mol. The molecule has 18 heavy (non-hydrogen) atoms. The van der Waals surface area contributed by atoms with Gasteiger partial charge in [0.05, 0.1) is 6.26 Å². The van der Waals surface area contributed by atoms with E-state index in [1.54, 1.807) is 4.31 Å². The van der Waals surface area contributed by atoms with Crippen LogP contribution < -0.4 is 5.32 Å². The van der Waals surface area contributed by atoms with E-state index in [-0.39, 0.29) is 0 Å². The maximum atomic E-state index is 11.5. The first-order chi connectivity index (χ1) is 8.47. The van der Waals surface area contributed by atoms with Gasteiger partial charge in [0.2, 0.25) is 10.0 Å². The van der Waals surface area contributed by atoms with Gasteiger partial charge in [0, 0.05) is 19.1 Å². The van der Waals surface area contributed by atoms with Crippen LogP contribution in [0.3, 0.4) is 0 Å². The quantitative estimate of drug-likeness (QED) is 0.772. The van der Waals surface area contributed by atoms with Crippen LogP contribution in [0.5, 0.6) is 0 Å². The summed E-state index contributed by atoms with van der Waals surface area (Å²) in [5, 5.41) is 3.59. The van der Waals surface area contributed by atoms with E-state index >= 15 is 0 Å². The molecule has 0 radical (unpaired) electrons. The van der Waals surface area contributed by atoms with Crippen LogP contribution in [-0.4, -0.2) is 44.7 Å². The van der Waals surface area contributed by atoms with E-state index in [9.17, 15) is 8.42 Å². The van der Waals surface area contributed by atoms with Gasteiger partial charge < -0.3 is 5.32 Å². The summed E-state index contributed by atoms with van der Waals surface area (Å²) in [6, 6.07) is 0.587. The molecule has 1 rings (SSSR count). The minimum atomic E-state index is -3.01. The van der Waals surface area contributed by atoms with E-state index in [1.165, 1.54) is 19.1 Å². The lowest BCUT2D eigenvalue weighted by atomic mass is 9.98. The van der Waals surface area contributed by atoms with E-state index in [4.69, 9.17) is 0 Å². The Hall–Kier alpha value is -0.130. The Morgan fingerprint density at radius 3 is 2.67 bits per heavy atom. The maximum Gasteiger partial charge on any atom is 0.211 e. The Bertz CT molecular complexity index is 330. The third-order valence-corrected chi connectivity index (χ3v) is 5.05. The first-order valence-corrected chi connectivity index (χ1v) is 9.00. The van der Waals surface area contributed by atoms with Crippen LogP contribution >= 0.6 is 0 Å². The molecule has 0 bridgehead atoms. The molecule has 0 spiro atoms. The van der Waals surface area contributed by atoms with E-state index in [2.05, 4.69) is 19.2 Å². The van der Waals surface area contributed by atoms with E-state index < -0.39 is 10.0 Å². The summed E-state index contributed by atoms with van der Waals surface area (Å²) in [5.74, 6) is 0.472. The number of sulfonamides is 1. The summed E-state index contributed by atoms with van der Waals surface area (Å²) < 4.78 is 24.7. The van der Waals surface area contributed by atoms with Gasteiger partial charge in [-0.2, -0.15) is 0 Å². The van der Waals surface area contributed by atoms with Gasteiger partial charge in [-0.25, -0.2) is 12.7 Å². The Morgan fingerprint density at radius 1 is 1.39 bits per heavy atom. The Kier molecular flexibility index (Phi) is 6.60. The third kappa shape index (κ3) is 5.24. The molecule has 1 aliphatic heterocycles. The van der Waals surface area contributed by atoms with E-state index in [1.807, 2.05) is 0 Å². The van der Waals surface area contributed by atoms with Crippen LogP contribution in [0.4, 0.5) is 0 Å². The van der Waals surface area contributed by atoms with Gasteiger partial charge in [-0.05, 0) is 38.1 Å². The fourth-order valence-corrected chi connectivity index (χ4v) is 3.57. The molecule has 1 N–H and O–H groups in total. The van der Waals surface area contributed by atoms with Gasteiger partial charge in [0.25, 0.3) is 0 Å². The molecule has 0 saturated carbocycles. The van der Waals surface area contributed by atoms with Gasteiger partial charge in [-0.1, -0.05) is 20.3 Å². The topological polar surface area (TPSA) is 49.4 Å². The Morgan fingerprint density at radius 2 is 2.11 bits per heavy atom. The summed E-state index contributed by atoms with van der Waals surface area (Å²) >= 11 is 0. The number of rotatable bonds is 7. The highest BCUT2D eigenvalue weighted by molar-refractivity contribution is 7.88. The minimum Gasteiger partial charge on any atom is -0.314 e. The second-order valence-electron chi connectivity index (χ2n) is 5.43. The van der Waals surface area contributed by atoms with Crippen molar-refractivity contribution >= 4 is 10.0 Å². The predicted octanol–water partition coefficient (Wildman–Crippen LogP) is 1.83. The molecule has 0 amide bonds. The molecule has 1 aliphatic rings. The number of nitrogens with zero attached hydrogens (tertiary/aromatic N) is 1. The van der Waals surface area contributed by atoms with Crippen molar-refractivity contribution in [2.24, 2.45) is 5.92 Å². The van der Waals surface area contributed by atoms with Crippen LogP contribution in [0.15, 0.2) is 0 Å². The van der Waals surface area contributed by atoms with Crippen LogP contribution in [0, 0.1) is 5.92 Å². The summed E-state index contributed by atoms with van der Waals surface area (Å²) in [4.78, 5) is 0. The molecule has 0 aromatic carbocycles. The fraction of sp³-hybridized carbons (Fsp3) is 1.00. The smallest absolute Gasteiger partial charge is 0.211 e. The molecule has 0 aromatic heterocycles. The highest BCUT2D eigenvalue weighted by Gasteiger charge is 2.25. The zero-order chi connectivity index (χ0) is 13.6. The second kappa shape index (κ2) is 7.46. The molecule has 1 fully saturated rings. The van der Waals surface area contributed by atoms with Crippen LogP contribution in [-0.2, 0) is 10.0 Å². The lowest BCUT2D eigenvalue weighted by Gasteiger charge is -2.32. The van der Waals surface area contributed by atoms with E-state index in [0.717, 1.165) is 25.8 Å². The normalized spacial score (nSPS) is 24.1. The van der Waals surface area contributed by atoms with Gasteiger partial charge >= 0.3 is 0 Å². The predicted molar refractivity (Wildman–Crippen MR) is 76.1 cm³/mol. The molecule has 1 saturated heterocycles.